The zero-order chi connectivity index (χ0) is 13.3. The van der Waals surface area contributed by atoms with E-state index in [-0.39, 0.29) is 18.5 Å². The van der Waals surface area contributed by atoms with Gasteiger partial charge in [-0.15, -0.1) is 0 Å². The van der Waals surface area contributed by atoms with Crippen molar-refractivity contribution in [2.75, 3.05) is 5.73 Å². The van der Waals surface area contributed by atoms with E-state index in [1.165, 1.54) is 19.3 Å². The number of hydrogen-bond acceptors (Lipinski definition) is 3. The summed E-state index contributed by atoms with van der Waals surface area (Å²) in [6.45, 7) is 6.07. The highest BCUT2D eigenvalue weighted by Gasteiger charge is 2.25. The Kier molecular flexibility index (Phi) is 3.59. The van der Waals surface area contributed by atoms with E-state index in [4.69, 9.17) is 5.73 Å². The molecule has 0 aromatic carbocycles. The van der Waals surface area contributed by atoms with Crippen LogP contribution in [0.4, 0.5) is 5.69 Å². The summed E-state index contributed by atoms with van der Waals surface area (Å²) in [6.07, 6.45) is 3.75. The average Bonchev–Trinajstić information content (AvgIpc) is 2.43. The molecule has 0 bridgehead atoms. The second-order valence-electron chi connectivity index (χ2n) is 5.29. The smallest absolute Gasteiger partial charge is 0.241 e. The molecule has 1 aliphatic carbocycles. The van der Waals surface area contributed by atoms with E-state index in [1.807, 2.05) is 13.8 Å². The highest BCUT2D eigenvalue weighted by atomic mass is 16.2. The molecule has 5 nitrogen and oxygen atoms in total. The van der Waals surface area contributed by atoms with Crippen molar-refractivity contribution in [1.29, 1.82) is 0 Å². The molecule has 1 fully saturated rings. The summed E-state index contributed by atoms with van der Waals surface area (Å²) in [6, 6.07) is 0.264. The third-order valence-corrected chi connectivity index (χ3v) is 3.98. The Morgan fingerprint density at radius 3 is 2.67 bits per heavy atom. The standard InChI is InChI=1S/C13H22N4O/c1-8(11-5-4-6-11)15-12(18)7-17-10(3)13(14)9(2)16-17/h8,11H,4-7,14H2,1-3H3,(H,15,18). The van der Waals surface area contributed by atoms with Crippen LogP contribution in [0.15, 0.2) is 0 Å². The van der Waals surface area contributed by atoms with Gasteiger partial charge in [-0.1, -0.05) is 6.42 Å². The predicted molar refractivity (Wildman–Crippen MR) is 71.1 cm³/mol. The number of nitrogens with two attached hydrogens (primary N) is 1. The summed E-state index contributed by atoms with van der Waals surface area (Å²) in [5, 5.41) is 7.31. The molecule has 1 atom stereocenters. The molecule has 5 heteroatoms. The number of aromatic nitrogens is 2. The van der Waals surface area contributed by atoms with E-state index in [1.54, 1.807) is 4.68 Å². The molecule has 3 N–H and O–H groups in total. The Morgan fingerprint density at radius 2 is 2.22 bits per heavy atom. The first-order chi connectivity index (χ1) is 8.49. The lowest BCUT2D eigenvalue weighted by Crippen LogP contribution is -2.42. The minimum absolute atomic E-state index is 0.0139. The van der Waals surface area contributed by atoms with Gasteiger partial charge in [0, 0.05) is 6.04 Å². The van der Waals surface area contributed by atoms with Gasteiger partial charge in [-0.25, -0.2) is 0 Å². The molecule has 18 heavy (non-hydrogen) atoms. The van der Waals surface area contributed by atoms with Gasteiger partial charge in [0.2, 0.25) is 5.91 Å². The van der Waals surface area contributed by atoms with E-state index in [0.29, 0.717) is 11.6 Å². The fraction of sp³-hybridized carbons (Fsp3) is 0.692. The van der Waals surface area contributed by atoms with Gasteiger partial charge < -0.3 is 11.1 Å². The quantitative estimate of drug-likeness (QED) is 0.848. The molecule has 1 aromatic rings. The van der Waals surface area contributed by atoms with Crippen molar-refractivity contribution in [2.45, 2.75) is 52.6 Å². The lowest BCUT2D eigenvalue weighted by molar-refractivity contribution is -0.123. The molecule has 1 amide bonds. The second-order valence-corrected chi connectivity index (χ2v) is 5.29. The highest BCUT2D eigenvalue weighted by Crippen LogP contribution is 2.29. The number of nitrogens with one attached hydrogen (secondary N) is 1. The first-order valence-electron chi connectivity index (χ1n) is 6.58. The summed E-state index contributed by atoms with van der Waals surface area (Å²) < 4.78 is 1.67. The van der Waals surface area contributed by atoms with E-state index >= 15 is 0 Å². The van der Waals surface area contributed by atoms with Crippen LogP contribution in [0.2, 0.25) is 0 Å². The molecule has 1 saturated carbocycles. The van der Waals surface area contributed by atoms with Crippen LogP contribution in [0, 0.1) is 19.8 Å². The van der Waals surface area contributed by atoms with Crippen LogP contribution >= 0.6 is 0 Å². The van der Waals surface area contributed by atoms with Crippen LogP contribution in [0.25, 0.3) is 0 Å². The van der Waals surface area contributed by atoms with Gasteiger partial charge in [0.15, 0.2) is 0 Å². The number of nitrogen functional groups attached to an aromatic ring is 1. The van der Waals surface area contributed by atoms with Crippen LogP contribution < -0.4 is 11.1 Å². The highest BCUT2D eigenvalue weighted by molar-refractivity contribution is 5.76. The number of rotatable bonds is 4. The molecule has 0 aliphatic heterocycles. The largest absolute Gasteiger partial charge is 0.396 e. The van der Waals surface area contributed by atoms with Gasteiger partial charge in [-0.05, 0) is 39.5 Å². The number of aryl methyl sites for hydroxylation is 1. The topological polar surface area (TPSA) is 72.9 Å². The van der Waals surface area contributed by atoms with Gasteiger partial charge in [-0.2, -0.15) is 5.10 Å². The van der Waals surface area contributed by atoms with Crippen LogP contribution in [-0.4, -0.2) is 21.7 Å². The zero-order valence-electron chi connectivity index (χ0n) is 11.4. The third-order valence-electron chi connectivity index (χ3n) is 3.98. The summed E-state index contributed by atoms with van der Waals surface area (Å²) in [5.41, 5.74) is 8.16. The second kappa shape index (κ2) is 5.00. The maximum atomic E-state index is 11.9. The number of amides is 1. The first-order valence-corrected chi connectivity index (χ1v) is 6.58. The molecular formula is C13H22N4O. The maximum absolute atomic E-state index is 11.9. The molecule has 1 aromatic heterocycles. The van der Waals surface area contributed by atoms with Gasteiger partial charge in [0.25, 0.3) is 0 Å². The lowest BCUT2D eigenvalue weighted by atomic mass is 9.80. The zero-order valence-corrected chi connectivity index (χ0v) is 11.4. The van der Waals surface area contributed by atoms with Crippen molar-refractivity contribution >= 4 is 11.6 Å². The summed E-state index contributed by atoms with van der Waals surface area (Å²) in [4.78, 5) is 11.9. The Bertz CT molecular complexity index is 448. The number of carbonyl (C=O) groups excluding carboxylic acids is 1. The number of nitrogens with zero attached hydrogens (tertiary/aromatic N) is 2. The lowest BCUT2D eigenvalue weighted by Gasteiger charge is -2.31. The van der Waals surface area contributed by atoms with Crippen molar-refractivity contribution in [3.8, 4) is 0 Å². The van der Waals surface area contributed by atoms with Crippen LogP contribution in [0.5, 0.6) is 0 Å². The average molecular weight is 250 g/mol. The minimum Gasteiger partial charge on any atom is -0.396 e. The van der Waals surface area contributed by atoms with Crippen molar-refractivity contribution in [2.24, 2.45) is 5.92 Å². The fourth-order valence-corrected chi connectivity index (χ4v) is 2.36. The number of hydrogen-bond donors (Lipinski definition) is 2. The van der Waals surface area contributed by atoms with Crippen molar-refractivity contribution < 1.29 is 4.79 Å². The first kappa shape index (κ1) is 12.9. The summed E-state index contributed by atoms with van der Waals surface area (Å²) in [5.74, 6) is 0.666. The van der Waals surface area contributed by atoms with Gasteiger partial charge in [-0.3, -0.25) is 9.48 Å². The van der Waals surface area contributed by atoms with Crippen LogP contribution in [0.1, 0.15) is 37.6 Å². The molecule has 1 aliphatic rings. The molecule has 2 rings (SSSR count). The molecule has 100 valence electrons. The van der Waals surface area contributed by atoms with Crippen molar-refractivity contribution in [1.82, 2.24) is 15.1 Å². The van der Waals surface area contributed by atoms with Crippen LogP contribution in [0.3, 0.4) is 0 Å². The van der Waals surface area contributed by atoms with Crippen LogP contribution in [-0.2, 0) is 11.3 Å². The van der Waals surface area contributed by atoms with Gasteiger partial charge in [0.05, 0.1) is 17.1 Å². The fourth-order valence-electron chi connectivity index (χ4n) is 2.36. The Hall–Kier alpha value is -1.52. The van der Waals surface area contributed by atoms with Gasteiger partial charge in [0.1, 0.15) is 6.54 Å². The normalized spacial score (nSPS) is 17.3. The predicted octanol–water partition coefficient (Wildman–Crippen LogP) is 1.39. The van der Waals surface area contributed by atoms with Gasteiger partial charge >= 0.3 is 0 Å². The SMILES string of the molecule is Cc1nn(CC(=O)NC(C)C2CCC2)c(C)c1N. The van der Waals surface area contributed by atoms with Crippen molar-refractivity contribution in [3.63, 3.8) is 0 Å². The third kappa shape index (κ3) is 2.49. The minimum atomic E-state index is 0.0139. The monoisotopic (exact) mass is 250 g/mol. The number of anilines is 1. The van der Waals surface area contributed by atoms with E-state index in [2.05, 4.69) is 17.3 Å². The van der Waals surface area contributed by atoms with E-state index in [0.717, 1.165) is 11.4 Å². The Morgan fingerprint density at radius 1 is 1.56 bits per heavy atom. The van der Waals surface area contributed by atoms with E-state index < -0.39 is 0 Å². The molecule has 1 heterocycles. The molecule has 0 saturated heterocycles. The molecule has 1 unspecified atom stereocenters. The Balaban J connectivity index is 1.92. The summed E-state index contributed by atoms with van der Waals surface area (Å²) in [7, 11) is 0. The molecule has 0 spiro atoms. The molecular weight excluding hydrogens is 228 g/mol. The maximum Gasteiger partial charge on any atom is 0.241 e. The molecule has 0 radical (unpaired) electrons. The Labute approximate surface area is 108 Å². The van der Waals surface area contributed by atoms with E-state index in [9.17, 15) is 4.79 Å². The summed E-state index contributed by atoms with van der Waals surface area (Å²) >= 11 is 0. The number of carbonyl (C=O) groups is 1. The van der Waals surface area contributed by atoms with Crippen molar-refractivity contribution in [3.05, 3.63) is 11.4 Å².